The van der Waals surface area contributed by atoms with E-state index in [-0.39, 0.29) is 22.6 Å². The topological polar surface area (TPSA) is 105 Å². The molecule has 4 rings (SSSR count). The van der Waals surface area contributed by atoms with E-state index in [4.69, 9.17) is 18.9 Å². The van der Waals surface area contributed by atoms with Crippen LogP contribution in [-0.2, 0) is 19.2 Å². The molecule has 8 heteroatoms. The Hall–Kier alpha value is -7.16. The minimum absolute atomic E-state index is 0.0278. The van der Waals surface area contributed by atoms with Gasteiger partial charge in [0.05, 0.1) is 0 Å². The van der Waals surface area contributed by atoms with Crippen molar-refractivity contribution in [2.24, 2.45) is 0 Å². The van der Waals surface area contributed by atoms with Crippen LogP contribution in [0.25, 0.3) is 11.1 Å². The van der Waals surface area contributed by atoms with Gasteiger partial charge in [-0.15, -0.1) is 0 Å². The fourth-order valence-corrected chi connectivity index (χ4v) is 3.97. The average Bonchev–Trinajstić information content (AvgIpc) is 3.11. The largest absolute Gasteiger partial charge is 0.423 e. The first-order valence-corrected chi connectivity index (χ1v) is 14.9. The third-order valence-electron chi connectivity index (χ3n) is 6.55. The summed E-state index contributed by atoms with van der Waals surface area (Å²) in [6.45, 7) is 17.2. The van der Waals surface area contributed by atoms with Crippen LogP contribution in [0.2, 0.25) is 0 Å². The van der Waals surface area contributed by atoms with Gasteiger partial charge in [0.1, 0.15) is 17.1 Å². The molecule has 0 N–H and O–H groups in total. The summed E-state index contributed by atoms with van der Waals surface area (Å²) in [4.78, 5) is 48.2. The number of benzene rings is 4. The number of carbonyl (C=O) groups is 4. The van der Waals surface area contributed by atoms with E-state index in [0.29, 0.717) is 44.9 Å². The second-order valence-corrected chi connectivity index (χ2v) is 10.6. The molecule has 8 nitrogen and oxygen atoms in total. The van der Waals surface area contributed by atoms with E-state index in [2.05, 4.69) is 50.0 Å². The van der Waals surface area contributed by atoms with Gasteiger partial charge in [-0.2, -0.15) is 0 Å². The Morgan fingerprint density at radius 3 is 1.24 bits per heavy atom. The van der Waals surface area contributed by atoms with Gasteiger partial charge in [-0.05, 0) is 97.8 Å². The van der Waals surface area contributed by atoms with Crippen LogP contribution in [0.3, 0.4) is 0 Å². The molecular weight excluding hydrogens is 632 g/mol. The van der Waals surface area contributed by atoms with E-state index in [1.54, 1.807) is 86.6 Å². The second-order valence-electron chi connectivity index (χ2n) is 10.6. The van der Waals surface area contributed by atoms with Crippen molar-refractivity contribution >= 4 is 23.9 Å². The summed E-state index contributed by atoms with van der Waals surface area (Å²) in [5.74, 6) is 10.2. The van der Waals surface area contributed by atoms with Crippen LogP contribution in [0.4, 0.5) is 0 Å². The van der Waals surface area contributed by atoms with Gasteiger partial charge in [-0.25, -0.2) is 19.2 Å². The predicted molar refractivity (Wildman–Crippen MR) is 189 cm³/mol. The molecule has 4 aromatic rings. The lowest BCUT2D eigenvalue weighted by molar-refractivity contribution is -0.130. The van der Waals surface area contributed by atoms with E-state index in [1.807, 2.05) is 12.1 Å². The normalized spacial score (nSPS) is 9.72. The Kier molecular flexibility index (Phi) is 11.8. The highest BCUT2D eigenvalue weighted by atomic mass is 16.6. The first kappa shape index (κ1) is 35.7. The van der Waals surface area contributed by atoms with Crippen molar-refractivity contribution in [2.45, 2.75) is 13.8 Å². The van der Waals surface area contributed by atoms with Crippen LogP contribution in [0.15, 0.2) is 135 Å². The van der Waals surface area contributed by atoms with Crippen molar-refractivity contribution in [1.82, 2.24) is 0 Å². The number of hydrogen-bond donors (Lipinski definition) is 0. The molecule has 0 radical (unpaired) electrons. The number of ether oxygens (including phenoxy) is 4. The molecule has 0 saturated carbocycles. The van der Waals surface area contributed by atoms with Crippen LogP contribution in [0, 0.1) is 23.7 Å². The molecule has 50 heavy (non-hydrogen) atoms. The maximum absolute atomic E-state index is 12.3. The first-order chi connectivity index (χ1) is 23.9. The molecule has 4 aromatic carbocycles. The smallest absolute Gasteiger partial charge is 0.338 e. The van der Waals surface area contributed by atoms with Gasteiger partial charge >= 0.3 is 23.9 Å². The lowest BCUT2D eigenvalue weighted by Gasteiger charge is -2.13. The molecule has 0 aliphatic carbocycles. The number of hydrogen-bond acceptors (Lipinski definition) is 8. The zero-order chi connectivity index (χ0) is 36.2. The van der Waals surface area contributed by atoms with Crippen molar-refractivity contribution in [3.63, 3.8) is 0 Å². The Labute approximate surface area is 290 Å². The maximum atomic E-state index is 12.3. The summed E-state index contributed by atoms with van der Waals surface area (Å²) in [5.41, 5.74) is 3.90. The van der Waals surface area contributed by atoms with Gasteiger partial charge in [-0.3, -0.25) is 0 Å². The monoisotopic (exact) mass is 662 g/mol. The van der Waals surface area contributed by atoms with Crippen molar-refractivity contribution in [3.8, 4) is 57.8 Å². The van der Waals surface area contributed by atoms with Crippen molar-refractivity contribution in [1.29, 1.82) is 0 Å². The molecule has 0 aliphatic heterocycles. The number of rotatable bonds is 9. The van der Waals surface area contributed by atoms with E-state index in [9.17, 15) is 19.2 Å². The first-order valence-electron chi connectivity index (χ1n) is 14.9. The van der Waals surface area contributed by atoms with E-state index < -0.39 is 23.9 Å². The summed E-state index contributed by atoms with van der Waals surface area (Å²) in [6.07, 6.45) is 2.00. The van der Waals surface area contributed by atoms with Crippen LogP contribution >= 0.6 is 0 Å². The van der Waals surface area contributed by atoms with E-state index in [1.165, 1.54) is 0 Å². The minimum Gasteiger partial charge on any atom is -0.423 e. The summed E-state index contributed by atoms with van der Waals surface area (Å²) in [6, 6.07) is 23.6. The van der Waals surface area contributed by atoms with Crippen molar-refractivity contribution < 1.29 is 38.1 Å². The lowest BCUT2D eigenvalue weighted by atomic mass is 10.0. The van der Waals surface area contributed by atoms with E-state index in [0.717, 1.165) is 12.2 Å². The molecule has 0 heterocycles. The SMILES string of the molecule is C=CC(=O)Oc1cc(-c2ccc(C#Cc3ccc(OC(=O)C(=C)C)cc3)cc2)cc(OC(=O)C=C)c1C#Cc1ccc(OC(=O)C(=C)C)cc1. The third-order valence-corrected chi connectivity index (χ3v) is 6.55. The molecule has 0 aromatic heterocycles. The van der Waals surface area contributed by atoms with Crippen LogP contribution < -0.4 is 18.9 Å². The molecule has 0 atom stereocenters. The Bertz CT molecular complexity index is 2100. The zero-order valence-electron chi connectivity index (χ0n) is 27.3. The fourth-order valence-electron chi connectivity index (χ4n) is 3.97. The molecule has 0 aliphatic rings. The van der Waals surface area contributed by atoms with Crippen LogP contribution in [-0.4, -0.2) is 23.9 Å². The highest BCUT2D eigenvalue weighted by Gasteiger charge is 2.17. The third kappa shape index (κ3) is 9.92. The average molecular weight is 663 g/mol. The quantitative estimate of drug-likeness (QED) is 0.0796. The predicted octanol–water partition coefficient (Wildman–Crippen LogP) is 7.30. The highest BCUT2D eigenvalue weighted by molar-refractivity contribution is 5.89. The lowest BCUT2D eigenvalue weighted by Crippen LogP contribution is -2.09. The summed E-state index contributed by atoms with van der Waals surface area (Å²) in [5, 5.41) is 0. The van der Waals surface area contributed by atoms with Gasteiger partial charge in [0.2, 0.25) is 0 Å². The van der Waals surface area contributed by atoms with E-state index >= 15 is 0 Å². The van der Waals surface area contributed by atoms with Crippen LogP contribution in [0.5, 0.6) is 23.0 Å². The Morgan fingerprint density at radius 2 is 0.880 bits per heavy atom. The van der Waals surface area contributed by atoms with Gasteiger partial charge in [-0.1, -0.05) is 62.1 Å². The second kappa shape index (κ2) is 16.6. The molecule has 0 fully saturated rings. The molecule has 0 saturated heterocycles. The van der Waals surface area contributed by atoms with Crippen LogP contribution in [0.1, 0.15) is 36.1 Å². The Balaban J connectivity index is 1.66. The zero-order valence-corrected chi connectivity index (χ0v) is 27.3. The number of esters is 4. The molecular formula is C42H30O8. The molecule has 0 bridgehead atoms. The minimum atomic E-state index is -0.748. The van der Waals surface area contributed by atoms with Gasteiger partial charge < -0.3 is 18.9 Å². The van der Waals surface area contributed by atoms with Crippen molar-refractivity contribution in [2.75, 3.05) is 0 Å². The van der Waals surface area contributed by atoms with Gasteiger partial charge in [0.25, 0.3) is 0 Å². The highest BCUT2D eigenvalue weighted by Crippen LogP contribution is 2.35. The van der Waals surface area contributed by atoms with Gasteiger partial charge in [0.15, 0.2) is 11.5 Å². The summed E-state index contributed by atoms with van der Waals surface area (Å²) in [7, 11) is 0. The summed E-state index contributed by atoms with van der Waals surface area (Å²) >= 11 is 0. The molecule has 0 unspecified atom stereocenters. The standard InChI is InChI=1S/C42H30O8/c1-7-39(43)49-37-25-33(32-18-11-29(12-19-32)9-10-30-13-20-34(21-14-30)47-41(45)27(3)4)26-38(50-40(44)8-2)36(37)24-17-31-15-22-35(23-16-31)48-42(46)28(5)6/h7-8,11-16,18-23,25-26H,1-3,5H2,4,6H3. The molecule has 0 amide bonds. The maximum Gasteiger partial charge on any atom is 0.338 e. The number of carbonyl (C=O) groups excluding carboxylic acids is 4. The van der Waals surface area contributed by atoms with Gasteiger partial charge in [0, 0.05) is 40.0 Å². The molecule has 0 spiro atoms. The summed E-state index contributed by atoms with van der Waals surface area (Å²) < 4.78 is 21.5. The Morgan fingerprint density at radius 1 is 0.520 bits per heavy atom. The fraction of sp³-hybridized carbons (Fsp3) is 0.0476. The molecule has 246 valence electrons. The van der Waals surface area contributed by atoms with Crippen molar-refractivity contribution in [3.05, 3.63) is 157 Å².